The molecule has 2 N–H and O–H groups in total. The highest BCUT2D eigenvalue weighted by molar-refractivity contribution is 5.91. The number of nitrogens with zero attached hydrogens (tertiary/aromatic N) is 1. The first-order valence-corrected chi connectivity index (χ1v) is 8.26. The Labute approximate surface area is 145 Å². The van der Waals surface area contributed by atoms with Crippen LogP contribution in [0.5, 0.6) is 0 Å². The van der Waals surface area contributed by atoms with Crippen LogP contribution in [0.4, 0.5) is 10.1 Å². The summed E-state index contributed by atoms with van der Waals surface area (Å²) in [6.07, 6.45) is 0.185. The number of para-hydroxylation sites is 1. The molecule has 25 heavy (non-hydrogen) atoms. The fourth-order valence-electron chi connectivity index (χ4n) is 2.97. The monoisotopic (exact) mass is 341 g/mol. The third kappa shape index (κ3) is 4.22. The van der Waals surface area contributed by atoms with Crippen LogP contribution in [0.1, 0.15) is 18.0 Å². The molecular weight excluding hydrogens is 321 g/mol. The zero-order chi connectivity index (χ0) is 17.6. The van der Waals surface area contributed by atoms with E-state index in [1.807, 2.05) is 35.2 Å². The van der Waals surface area contributed by atoms with Crippen molar-refractivity contribution < 1.29 is 14.0 Å². The Morgan fingerprint density at radius 2 is 1.88 bits per heavy atom. The molecule has 6 heteroatoms. The van der Waals surface area contributed by atoms with Gasteiger partial charge in [0.1, 0.15) is 11.9 Å². The summed E-state index contributed by atoms with van der Waals surface area (Å²) in [5.74, 6) is -0.801. The molecule has 3 rings (SSSR count). The maximum atomic E-state index is 13.6. The van der Waals surface area contributed by atoms with E-state index in [0.29, 0.717) is 19.6 Å². The lowest BCUT2D eigenvalue weighted by atomic mass is 10.0. The number of benzene rings is 2. The maximum Gasteiger partial charge on any atom is 0.242 e. The van der Waals surface area contributed by atoms with Crippen molar-refractivity contribution in [2.75, 3.05) is 25.0 Å². The quantitative estimate of drug-likeness (QED) is 0.877. The lowest BCUT2D eigenvalue weighted by Gasteiger charge is -2.35. The standard InChI is InChI=1S/C19H20FN3O2/c20-15-8-4-5-9-16(15)22-17(24)10-12-23-13-11-21-19(25)18(23)14-6-2-1-3-7-14/h1-9,18H,10-13H2,(H,21,25)(H,22,24)/t18-/m1/s1. The molecule has 1 aliphatic heterocycles. The first-order valence-electron chi connectivity index (χ1n) is 8.26. The molecule has 5 nitrogen and oxygen atoms in total. The van der Waals surface area contributed by atoms with Gasteiger partial charge in [-0.05, 0) is 17.7 Å². The molecule has 2 aromatic rings. The van der Waals surface area contributed by atoms with Crippen LogP contribution in [0.25, 0.3) is 0 Å². The lowest BCUT2D eigenvalue weighted by Crippen LogP contribution is -2.50. The van der Waals surface area contributed by atoms with Crippen molar-refractivity contribution in [3.05, 3.63) is 66.0 Å². The van der Waals surface area contributed by atoms with Gasteiger partial charge in [-0.1, -0.05) is 42.5 Å². The average molecular weight is 341 g/mol. The molecule has 0 unspecified atom stereocenters. The Morgan fingerprint density at radius 1 is 1.16 bits per heavy atom. The van der Waals surface area contributed by atoms with E-state index in [2.05, 4.69) is 10.6 Å². The first-order chi connectivity index (χ1) is 12.1. The molecule has 2 amide bonds. The van der Waals surface area contributed by atoms with Crippen LogP contribution >= 0.6 is 0 Å². The van der Waals surface area contributed by atoms with E-state index in [-0.39, 0.29) is 23.9 Å². The number of carbonyl (C=O) groups excluding carboxylic acids is 2. The number of halogens is 1. The van der Waals surface area contributed by atoms with E-state index in [1.165, 1.54) is 12.1 Å². The Hall–Kier alpha value is -2.73. The molecule has 0 spiro atoms. The normalized spacial score (nSPS) is 17.8. The van der Waals surface area contributed by atoms with Gasteiger partial charge in [-0.2, -0.15) is 0 Å². The van der Waals surface area contributed by atoms with E-state index in [1.54, 1.807) is 12.1 Å². The predicted molar refractivity (Wildman–Crippen MR) is 93.4 cm³/mol. The maximum absolute atomic E-state index is 13.6. The van der Waals surface area contributed by atoms with Crippen LogP contribution in [0.3, 0.4) is 0 Å². The van der Waals surface area contributed by atoms with E-state index in [9.17, 15) is 14.0 Å². The topological polar surface area (TPSA) is 61.4 Å². The van der Waals surface area contributed by atoms with Gasteiger partial charge in [-0.15, -0.1) is 0 Å². The van der Waals surface area contributed by atoms with Gasteiger partial charge in [0.15, 0.2) is 0 Å². The van der Waals surface area contributed by atoms with Crippen LogP contribution in [-0.4, -0.2) is 36.3 Å². The average Bonchev–Trinajstić information content (AvgIpc) is 2.63. The molecular formula is C19H20FN3O2. The molecule has 2 aromatic carbocycles. The Bertz CT molecular complexity index is 751. The summed E-state index contributed by atoms with van der Waals surface area (Å²) in [6.45, 7) is 1.64. The molecule has 0 aromatic heterocycles. The fourth-order valence-corrected chi connectivity index (χ4v) is 2.97. The zero-order valence-electron chi connectivity index (χ0n) is 13.7. The van der Waals surface area contributed by atoms with E-state index < -0.39 is 11.9 Å². The fraction of sp³-hybridized carbons (Fsp3) is 0.263. The number of rotatable bonds is 5. The number of nitrogens with one attached hydrogen (secondary N) is 2. The highest BCUT2D eigenvalue weighted by Crippen LogP contribution is 2.23. The van der Waals surface area contributed by atoms with Crippen molar-refractivity contribution in [1.82, 2.24) is 10.2 Å². The number of hydrogen-bond donors (Lipinski definition) is 2. The summed E-state index contributed by atoms with van der Waals surface area (Å²) in [7, 11) is 0. The van der Waals surface area contributed by atoms with Gasteiger partial charge in [0, 0.05) is 26.1 Å². The molecule has 0 saturated carbocycles. The Balaban J connectivity index is 1.63. The van der Waals surface area contributed by atoms with Crippen LogP contribution in [0.2, 0.25) is 0 Å². The van der Waals surface area contributed by atoms with Crippen molar-refractivity contribution in [3.63, 3.8) is 0 Å². The molecule has 130 valence electrons. The second-order valence-corrected chi connectivity index (χ2v) is 5.92. The van der Waals surface area contributed by atoms with Crippen LogP contribution in [0.15, 0.2) is 54.6 Å². The summed E-state index contributed by atoms with van der Waals surface area (Å²) in [5.41, 5.74) is 1.07. The summed E-state index contributed by atoms with van der Waals surface area (Å²) in [5, 5.41) is 5.44. The zero-order valence-corrected chi connectivity index (χ0v) is 13.7. The van der Waals surface area contributed by atoms with Crippen LogP contribution < -0.4 is 10.6 Å². The minimum atomic E-state index is -0.463. The van der Waals surface area contributed by atoms with E-state index in [0.717, 1.165) is 5.56 Å². The SMILES string of the molecule is O=C(CCN1CCNC(=O)[C@H]1c1ccccc1)Nc1ccccc1F. The highest BCUT2D eigenvalue weighted by atomic mass is 19.1. The van der Waals surface area contributed by atoms with Gasteiger partial charge in [-0.25, -0.2) is 4.39 Å². The van der Waals surface area contributed by atoms with Crippen molar-refractivity contribution in [2.45, 2.75) is 12.5 Å². The predicted octanol–water partition coefficient (Wildman–Crippen LogP) is 2.33. The van der Waals surface area contributed by atoms with Crippen LogP contribution in [-0.2, 0) is 9.59 Å². The molecule has 1 heterocycles. The number of carbonyl (C=O) groups is 2. The van der Waals surface area contributed by atoms with Crippen molar-refractivity contribution in [1.29, 1.82) is 0 Å². The second-order valence-electron chi connectivity index (χ2n) is 5.92. The third-order valence-corrected chi connectivity index (χ3v) is 4.20. The summed E-state index contributed by atoms with van der Waals surface area (Å²) < 4.78 is 13.6. The molecule has 1 saturated heterocycles. The molecule has 1 fully saturated rings. The minimum Gasteiger partial charge on any atom is -0.353 e. The molecule has 0 bridgehead atoms. The molecule has 1 aliphatic rings. The molecule has 1 atom stereocenters. The summed E-state index contributed by atoms with van der Waals surface area (Å²) >= 11 is 0. The van der Waals surface area contributed by atoms with E-state index >= 15 is 0 Å². The smallest absolute Gasteiger partial charge is 0.242 e. The van der Waals surface area contributed by atoms with Crippen molar-refractivity contribution >= 4 is 17.5 Å². The van der Waals surface area contributed by atoms with Gasteiger partial charge in [0.2, 0.25) is 11.8 Å². The van der Waals surface area contributed by atoms with Gasteiger partial charge >= 0.3 is 0 Å². The van der Waals surface area contributed by atoms with Gasteiger partial charge in [-0.3, -0.25) is 14.5 Å². The lowest BCUT2D eigenvalue weighted by molar-refractivity contribution is -0.130. The largest absolute Gasteiger partial charge is 0.353 e. The minimum absolute atomic E-state index is 0.0630. The Kier molecular flexibility index (Phi) is 5.40. The van der Waals surface area contributed by atoms with Crippen molar-refractivity contribution in [2.24, 2.45) is 0 Å². The second kappa shape index (κ2) is 7.90. The first kappa shape index (κ1) is 17.1. The Morgan fingerprint density at radius 3 is 2.64 bits per heavy atom. The third-order valence-electron chi connectivity index (χ3n) is 4.20. The highest BCUT2D eigenvalue weighted by Gasteiger charge is 2.30. The van der Waals surface area contributed by atoms with Crippen LogP contribution in [0, 0.1) is 5.82 Å². The molecule has 0 radical (unpaired) electrons. The van der Waals surface area contributed by atoms with Gasteiger partial charge in [0.25, 0.3) is 0 Å². The number of piperazine rings is 1. The summed E-state index contributed by atoms with van der Waals surface area (Å²) in [6, 6.07) is 15.1. The van der Waals surface area contributed by atoms with E-state index in [4.69, 9.17) is 0 Å². The molecule has 0 aliphatic carbocycles. The summed E-state index contributed by atoms with van der Waals surface area (Å²) in [4.78, 5) is 26.4. The number of hydrogen-bond acceptors (Lipinski definition) is 3. The number of anilines is 1. The van der Waals surface area contributed by atoms with Gasteiger partial charge in [0.05, 0.1) is 5.69 Å². The van der Waals surface area contributed by atoms with Crippen molar-refractivity contribution in [3.8, 4) is 0 Å². The van der Waals surface area contributed by atoms with Gasteiger partial charge < -0.3 is 10.6 Å². The number of amides is 2.